The molecule has 5 nitrogen and oxygen atoms in total. The molecule has 1 unspecified atom stereocenters. The molecule has 2 aliphatic rings. The van der Waals surface area contributed by atoms with E-state index in [0.29, 0.717) is 25.2 Å². The molecule has 2 heterocycles. The Morgan fingerprint density at radius 1 is 1.08 bits per heavy atom. The second-order valence-electron chi connectivity index (χ2n) is 6.01. The third-order valence-electron chi connectivity index (χ3n) is 4.52. The maximum Gasteiger partial charge on any atom is 0.321 e. The molecule has 0 radical (unpaired) electrons. The van der Waals surface area contributed by atoms with E-state index in [1.165, 1.54) is 12.1 Å². The number of hydrogen-bond donors (Lipinski definition) is 2. The van der Waals surface area contributed by atoms with E-state index in [1.54, 1.807) is 17.0 Å². The minimum absolute atomic E-state index is 0.0835. The maximum absolute atomic E-state index is 13.2. The first-order chi connectivity index (χ1) is 11.6. The van der Waals surface area contributed by atoms with E-state index >= 15 is 0 Å². The second-order valence-corrected chi connectivity index (χ2v) is 6.01. The van der Waals surface area contributed by atoms with Gasteiger partial charge in [0.05, 0.1) is 0 Å². The zero-order chi connectivity index (χ0) is 16.7. The van der Waals surface area contributed by atoms with Crippen LogP contribution in [0.1, 0.15) is 23.5 Å². The molecule has 2 N–H and O–H groups in total. The van der Waals surface area contributed by atoms with E-state index in [-0.39, 0.29) is 23.7 Å². The predicted molar refractivity (Wildman–Crippen MR) is 88.7 cm³/mol. The molecule has 6 heteroatoms. The van der Waals surface area contributed by atoms with Crippen LogP contribution in [0.4, 0.5) is 20.6 Å². The number of hydrogen-bond acceptors (Lipinski definition) is 2. The quantitative estimate of drug-likeness (QED) is 0.892. The third kappa shape index (κ3) is 2.50. The molecule has 0 spiro atoms. The lowest BCUT2D eigenvalue weighted by atomic mass is 9.84. The van der Waals surface area contributed by atoms with Gasteiger partial charge < -0.3 is 10.6 Å². The van der Waals surface area contributed by atoms with Gasteiger partial charge in [-0.3, -0.25) is 9.69 Å². The van der Waals surface area contributed by atoms with Gasteiger partial charge in [-0.05, 0) is 35.4 Å². The number of fused-ring (bicyclic) bond motifs is 1. The van der Waals surface area contributed by atoms with Crippen molar-refractivity contribution in [1.82, 2.24) is 5.32 Å². The number of amides is 3. The molecule has 0 aliphatic carbocycles. The van der Waals surface area contributed by atoms with Crippen molar-refractivity contribution in [3.63, 3.8) is 0 Å². The zero-order valence-corrected chi connectivity index (χ0v) is 12.9. The Morgan fingerprint density at radius 2 is 1.88 bits per heavy atom. The molecule has 1 saturated heterocycles. The highest BCUT2D eigenvalue weighted by molar-refractivity contribution is 5.98. The Morgan fingerprint density at radius 3 is 2.58 bits per heavy atom. The number of urea groups is 1. The molecule has 4 rings (SSSR count). The normalized spacial score (nSPS) is 19.7. The van der Waals surface area contributed by atoms with E-state index in [0.717, 1.165) is 16.8 Å². The van der Waals surface area contributed by atoms with E-state index in [1.807, 2.05) is 18.2 Å². The number of nitrogens with one attached hydrogen (secondary N) is 2. The van der Waals surface area contributed by atoms with Crippen LogP contribution >= 0.6 is 0 Å². The van der Waals surface area contributed by atoms with Gasteiger partial charge in [-0.1, -0.05) is 18.2 Å². The van der Waals surface area contributed by atoms with Gasteiger partial charge in [0.2, 0.25) is 5.91 Å². The summed E-state index contributed by atoms with van der Waals surface area (Å²) in [6.07, 6.45) is 0.322. The second kappa shape index (κ2) is 5.63. The molecular weight excluding hydrogens is 309 g/mol. The highest BCUT2D eigenvalue weighted by Gasteiger charge is 2.28. The van der Waals surface area contributed by atoms with Crippen molar-refractivity contribution in [2.24, 2.45) is 0 Å². The van der Waals surface area contributed by atoms with Crippen LogP contribution in [0, 0.1) is 5.82 Å². The molecule has 1 atom stereocenters. The minimum atomic E-state index is -0.297. The van der Waals surface area contributed by atoms with Crippen LogP contribution in [0.2, 0.25) is 0 Å². The lowest BCUT2D eigenvalue weighted by Gasteiger charge is -2.27. The van der Waals surface area contributed by atoms with Gasteiger partial charge in [0.1, 0.15) is 5.82 Å². The molecule has 2 aromatic carbocycles. The zero-order valence-electron chi connectivity index (χ0n) is 12.9. The van der Waals surface area contributed by atoms with Crippen molar-refractivity contribution in [3.05, 3.63) is 59.4 Å². The third-order valence-corrected chi connectivity index (χ3v) is 4.52. The van der Waals surface area contributed by atoms with E-state index in [2.05, 4.69) is 10.6 Å². The average molecular weight is 325 g/mol. The summed E-state index contributed by atoms with van der Waals surface area (Å²) in [5.41, 5.74) is 3.34. The molecule has 0 saturated carbocycles. The fourth-order valence-electron chi connectivity index (χ4n) is 3.33. The van der Waals surface area contributed by atoms with Gasteiger partial charge in [-0.25, -0.2) is 9.18 Å². The lowest BCUT2D eigenvalue weighted by Crippen LogP contribution is -2.28. The minimum Gasteiger partial charge on any atom is -0.336 e. The smallest absolute Gasteiger partial charge is 0.321 e. The number of nitrogens with zero attached hydrogens (tertiary/aromatic N) is 1. The Hall–Kier alpha value is -2.89. The first-order valence-corrected chi connectivity index (χ1v) is 7.86. The highest BCUT2D eigenvalue weighted by atomic mass is 19.1. The molecular formula is C18H16FN3O2. The number of rotatable bonds is 2. The fourth-order valence-corrected chi connectivity index (χ4v) is 3.33. The van der Waals surface area contributed by atoms with Gasteiger partial charge in [-0.2, -0.15) is 0 Å². The van der Waals surface area contributed by atoms with Crippen molar-refractivity contribution < 1.29 is 14.0 Å². The standard InChI is InChI=1S/C18H16FN3O2/c19-12-3-1-11(2-4-12)15-10-17(23)21-16-9-13(5-6-14(15)16)22-8-7-20-18(22)24/h1-6,9,15H,7-8,10H2,(H,20,24)(H,21,23). The molecule has 2 aromatic rings. The number of anilines is 2. The first-order valence-electron chi connectivity index (χ1n) is 7.86. The number of halogens is 1. The topological polar surface area (TPSA) is 61.4 Å². The van der Waals surface area contributed by atoms with Crippen LogP contribution < -0.4 is 15.5 Å². The van der Waals surface area contributed by atoms with E-state index in [4.69, 9.17) is 0 Å². The van der Waals surface area contributed by atoms with Crippen LogP contribution in [0.5, 0.6) is 0 Å². The maximum atomic E-state index is 13.2. The molecule has 3 amide bonds. The summed E-state index contributed by atoms with van der Waals surface area (Å²) in [5, 5.41) is 5.64. The van der Waals surface area contributed by atoms with Crippen molar-refractivity contribution in [2.45, 2.75) is 12.3 Å². The van der Waals surface area contributed by atoms with Crippen LogP contribution in [0.3, 0.4) is 0 Å². The van der Waals surface area contributed by atoms with Crippen LogP contribution in [0.25, 0.3) is 0 Å². The monoisotopic (exact) mass is 325 g/mol. The number of benzene rings is 2. The van der Waals surface area contributed by atoms with E-state index in [9.17, 15) is 14.0 Å². The van der Waals surface area contributed by atoms with Crippen LogP contribution in [-0.4, -0.2) is 25.0 Å². The summed E-state index contributed by atoms with van der Waals surface area (Å²) in [6, 6.07) is 11.8. The van der Waals surface area contributed by atoms with Gasteiger partial charge in [0.25, 0.3) is 0 Å². The SMILES string of the molecule is O=C1CC(c2ccc(F)cc2)c2ccc(N3CCNC3=O)cc2N1. The number of carbonyl (C=O) groups excluding carboxylic acids is 2. The van der Waals surface area contributed by atoms with Crippen molar-refractivity contribution in [1.29, 1.82) is 0 Å². The summed E-state index contributed by atoms with van der Waals surface area (Å²) < 4.78 is 13.2. The lowest BCUT2D eigenvalue weighted by molar-refractivity contribution is -0.116. The van der Waals surface area contributed by atoms with Crippen molar-refractivity contribution in [3.8, 4) is 0 Å². The predicted octanol–water partition coefficient (Wildman–Crippen LogP) is 2.83. The Balaban J connectivity index is 1.73. The Kier molecular flexibility index (Phi) is 3.45. The molecule has 0 aromatic heterocycles. The van der Waals surface area contributed by atoms with E-state index < -0.39 is 0 Å². The van der Waals surface area contributed by atoms with Crippen LogP contribution in [-0.2, 0) is 4.79 Å². The first kappa shape index (κ1) is 14.7. The average Bonchev–Trinajstić information content (AvgIpc) is 3.00. The summed E-state index contributed by atoms with van der Waals surface area (Å²) in [6.45, 7) is 1.22. The highest BCUT2D eigenvalue weighted by Crippen LogP contribution is 2.39. The van der Waals surface area contributed by atoms with Crippen molar-refractivity contribution >= 4 is 23.3 Å². The van der Waals surface area contributed by atoms with Gasteiger partial charge in [-0.15, -0.1) is 0 Å². The van der Waals surface area contributed by atoms with Gasteiger partial charge >= 0.3 is 6.03 Å². The largest absolute Gasteiger partial charge is 0.336 e. The fraction of sp³-hybridized carbons (Fsp3) is 0.222. The summed E-state index contributed by atoms with van der Waals surface area (Å²) in [5.74, 6) is -0.495. The molecule has 2 aliphatic heterocycles. The molecule has 24 heavy (non-hydrogen) atoms. The van der Waals surface area contributed by atoms with Crippen molar-refractivity contribution in [2.75, 3.05) is 23.3 Å². The Bertz CT molecular complexity index is 820. The summed E-state index contributed by atoms with van der Waals surface area (Å²) in [4.78, 5) is 25.6. The molecule has 0 bridgehead atoms. The number of carbonyl (C=O) groups is 2. The summed E-state index contributed by atoms with van der Waals surface area (Å²) >= 11 is 0. The Labute approximate surface area is 138 Å². The van der Waals surface area contributed by atoms with Gasteiger partial charge in [0.15, 0.2) is 0 Å². The summed E-state index contributed by atoms with van der Waals surface area (Å²) in [7, 11) is 0. The van der Waals surface area contributed by atoms with Gasteiger partial charge in [0, 0.05) is 36.8 Å². The van der Waals surface area contributed by atoms with Crippen LogP contribution in [0.15, 0.2) is 42.5 Å². The molecule has 122 valence electrons. The molecule has 1 fully saturated rings.